The van der Waals surface area contributed by atoms with Gasteiger partial charge in [0.15, 0.2) is 0 Å². The summed E-state index contributed by atoms with van der Waals surface area (Å²) < 4.78 is 37.8. The summed E-state index contributed by atoms with van der Waals surface area (Å²) in [5.41, 5.74) is 6.59. The molecule has 3 N–H and O–H groups in total. The van der Waals surface area contributed by atoms with Crippen LogP contribution in [0.25, 0.3) is 0 Å². The number of rotatable bonds is 3. The number of nitrogens with one attached hydrogen (secondary N) is 1. The first-order valence-corrected chi connectivity index (χ1v) is 6.10. The molecule has 6 heteroatoms. The van der Waals surface area contributed by atoms with Crippen molar-refractivity contribution < 1.29 is 13.2 Å². The van der Waals surface area contributed by atoms with Crippen molar-refractivity contribution in [3.05, 3.63) is 59.2 Å². The zero-order chi connectivity index (χ0) is 15.5. The third-order valence-corrected chi connectivity index (χ3v) is 2.90. The lowest BCUT2D eigenvalue weighted by Crippen LogP contribution is -2.07. The van der Waals surface area contributed by atoms with Crippen LogP contribution < -0.4 is 11.1 Å². The fourth-order valence-corrected chi connectivity index (χ4v) is 1.87. The van der Waals surface area contributed by atoms with E-state index in [0.29, 0.717) is 17.9 Å². The van der Waals surface area contributed by atoms with Gasteiger partial charge < -0.3 is 11.1 Å². The van der Waals surface area contributed by atoms with Crippen molar-refractivity contribution in [3.63, 3.8) is 0 Å². The van der Waals surface area contributed by atoms with Gasteiger partial charge in [0.05, 0.1) is 16.8 Å². The van der Waals surface area contributed by atoms with E-state index in [1.54, 1.807) is 24.3 Å². The van der Waals surface area contributed by atoms with E-state index in [-0.39, 0.29) is 5.56 Å². The summed E-state index contributed by atoms with van der Waals surface area (Å²) in [6, 6.07) is 11.9. The number of anilines is 2. The van der Waals surface area contributed by atoms with E-state index in [0.717, 1.165) is 17.7 Å². The zero-order valence-corrected chi connectivity index (χ0v) is 10.9. The Morgan fingerprint density at radius 2 is 1.90 bits per heavy atom. The molecule has 0 radical (unpaired) electrons. The molecule has 0 saturated carbocycles. The number of alkyl halides is 3. The molecule has 0 aliphatic rings. The molecule has 0 bridgehead atoms. The van der Waals surface area contributed by atoms with Crippen molar-refractivity contribution in [2.45, 2.75) is 12.7 Å². The smallest absolute Gasteiger partial charge is 0.399 e. The fourth-order valence-electron chi connectivity index (χ4n) is 1.87. The van der Waals surface area contributed by atoms with Gasteiger partial charge in [-0.2, -0.15) is 18.4 Å². The molecule has 0 aliphatic carbocycles. The van der Waals surface area contributed by atoms with E-state index < -0.39 is 11.7 Å². The lowest BCUT2D eigenvalue weighted by Gasteiger charge is -2.12. The number of benzene rings is 2. The van der Waals surface area contributed by atoms with Crippen molar-refractivity contribution in [1.29, 1.82) is 5.26 Å². The number of hydrogen-bond acceptors (Lipinski definition) is 3. The lowest BCUT2D eigenvalue weighted by atomic mass is 10.1. The molecule has 2 rings (SSSR count). The minimum atomic E-state index is -4.46. The van der Waals surface area contributed by atoms with Crippen molar-refractivity contribution in [2.75, 3.05) is 11.1 Å². The molecular formula is C15H12F3N3. The number of nitriles is 1. The van der Waals surface area contributed by atoms with Crippen molar-refractivity contribution >= 4 is 11.4 Å². The Labute approximate surface area is 119 Å². The summed E-state index contributed by atoms with van der Waals surface area (Å²) in [4.78, 5) is 0. The van der Waals surface area contributed by atoms with Crippen LogP contribution in [0.3, 0.4) is 0 Å². The normalized spacial score (nSPS) is 11.0. The number of nitrogen functional groups attached to an aromatic ring is 1. The maximum absolute atomic E-state index is 12.6. The van der Waals surface area contributed by atoms with Crippen LogP contribution in [-0.2, 0) is 12.7 Å². The van der Waals surface area contributed by atoms with Crippen molar-refractivity contribution in [3.8, 4) is 6.07 Å². The highest BCUT2D eigenvalue weighted by Gasteiger charge is 2.31. The molecule has 2 aromatic rings. The minimum absolute atomic E-state index is 0.0475. The molecule has 21 heavy (non-hydrogen) atoms. The standard InChI is InChI=1S/C15H12F3N3/c16-15(17,18)12-4-5-14(11(7-12)8-19)21-9-10-2-1-3-13(20)6-10/h1-7,21H,9,20H2. The second-order valence-electron chi connectivity index (χ2n) is 4.47. The van der Waals surface area contributed by atoms with E-state index in [1.165, 1.54) is 6.07 Å². The minimum Gasteiger partial charge on any atom is -0.399 e. The van der Waals surface area contributed by atoms with Crippen molar-refractivity contribution in [2.24, 2.45) is 0 Å². The second-order valence-corrected chi connectivity index (χ2v) is 4.47. The number of hydrogen-bond donors (Lipinski definition) is 2. The SMILES string of the molecule is N#Cc1cc(C(F)(F)F)ccc1NCc1cccc(N)c1. The molecule has 2 aromatic carbocycles. The zero-order valence-electron chi connectivity index (χ0n) is 10.9. The monoisotopic (exact) mass is 291 g/mol. The van der Waals surface area contributed by atoms with E-state index in [1.807, 2.05) is 6.07 Å². The highest BCUT2D eigenvalue weighted by molar-refractivity contribution is 5.59. The third-order valence-electron chi connectivity index (χ3n) is 2.90. The quantitative estimate of drug-likeness (QED) is 0.846. The van der Waals surface area contributed by atoms with Crippen LogP contribution in [0.5, 0.6) is 0 Å². The van der Waals surface area contributed by atoms with Gasteiger partial charge in [0.1, 0.15) is 6.07 Å². The number of nitrogens with two attached hydrogens (primary N) is 1. The second kappa shape index (κ2) is 5.75. The number of nitrogens with zero attached hydrogens (tertiary/aromatic N) is 1. The van der Waals surface area contributed by atoms with Crippen LogP contribution >= 0.6 is 0 Å². The Kier molecular flexibility index (Phi) is 4.03. The Hall–Kier alpha value is -2.68. The summed E-state index contributed by atoms with van der Waals surface area (Å²) in [6.07, 6.45) is -4.46. The molecule has 0 amide bonds. The van der Waals surface area contributed by atoms with Gasteiger partial charge in [-0.15, -0.1) is 0 Å². The maximum Gasteiger partial charge on any atom is 0.416 e. The van der Waals surface area contributed by atoms with Crippen LogP contribution in [0.1, 0.15) is 16.7 Å². The summed E-state index contributed by atoms with van der Waals surface area (Å²) in [5.74, 6) is 0. The Balaban J connectivity index is 2.19. The topological polar surface area (TPSA) is 61.8 Å². The Morgan fingerprint density at radius 3 is 2.52 bits per heavy atom. The van der Waals surface area contributed by atoms with E-state index in [4.69, 9.17) is 11.0 Å². The molecule has 108 valence electrons. The molecular weight excluding hydrogens is 279 g/mol. The van der Waals surface area contributed by atoms with E-state index in [9.17, 15) is 13.2 Å². The van der Waals surface area contributed by atoms with Crippen LogP contribution in [0, 0.1) is 11.3 Å². The molecule has 0 saturated heterocycles. The Bertz CT molecular complexity index is 687. The van der Waals surface area contributed by atoms with E-state index in [2.05, 4.69) is 5.32 Å². The largest absolute Gasteiger partial charge is 0.416 e. The van der Waals surface area contributed by atoms with Gasteiger partial charge >= 0.3 is 6.18 Å². The van der Waals surface area contributed by atoms with Crippen molar-refractivity contribution in [1.82, 2.24) is 0 Å². The third kappa shape index (κ3) is 3.66. The van der Waals surface area contributed by atoms with Crippen LogP contribution in [-0.4, -0.2) is 0 Å². The van der Waals surface area contributed by atoms with Gasteiger partial charge in [-0.3, -0.25) is 0 Å². The maximum atomic E-state index is 12.6. The summed E-state index contributed by atoms with van der Waals surface area (Å²) in [5, 5.41) is 11.9. The predicted octanol–water partition coefficient (Wildman–Crippen LogP) is 3.77. The molecule has 0 fully saturated rings. The predicted molar refractivity (Wildman–Crippen MR) is 74.3 cm³/mol. The van der Waals surface area contributed by atoms with Gasteiger partial charge in [0, 0.05) is 12.2 Å². The van der Waals surface area contributed by atoms with E-state index >= 15 is 0 Å². The molecule has 0 atom stereocenters. The average molecular weight is 291 g/mol. The highest BCUT2D eigenvalue weighted by Crippen LogP contribution is 2.31. The van der Waals surface area contributed by atoms with Gasteiger partial charge in [0.25, 0.3) is 0 Å². The van der Waals surface area contributed by atoms with Gasteiger partial charge in [-0.25, -0.2) is 0 Å². The first kappa shape index (κ1) is 14.7. The van der Waals surface area contributed by atoms with Gasteiger partial charge in [0.2, 0.25) is 0 Å². The summed E-state index contributed by atoms with van der Waals surface area (Å²) in [6.45, 7) is 0.366. The fraction of sp³-hybridized carbons (Fsp3) is 0.133. The van der Waals surface area contributed by atoms with Gasteiger partial charge in [-0.1, -0.05) is 12.1 Å². The van der Waals surface area contributed by atoms with Crippen LogP contribution in [0.15, 0.2) is 42.5 Å². The summed E-state index contributed by atoms with van der Waals surface area (Å²) in [7, 11) is 0. The summed E-state index contributed by atoms with van der Waals surface area (Å²) >= 11 is 0. The lowest BCUT2D eigenvalue weighted by molar-refractivity contribution is -0.137. The van der Waals surface area contributed by atoms with Crippen LogP contribution in [0.4, 0.5) is 24.5 Å². The first-order chi connectivity index (χ1) is 9.90. The van der Waals surface area contributed by atoms with Crippen LogP contribution in [0.2, 0.25) is 0 Å². The first-order valence-electron chi connectivity index (χ1n) is 6.10. The average Bonchev–Trinajstić information content (AvgIpc) is 2.44. The molecule has 0 aromatic heterocycles. The molecule has 0 heterocycles. The molecule has 3 nitrogen and oxygen atoms in total. The van der Waals surface area contributed by atoms with Gasteiger partial charge in [-0.05, 0) is 35.9 Å². The molecule has 0 aliphatic heterocycles. The highest BCUT2D eigenvalue weighted by atomic mass is 19.4. The number of halogens is 3. The molecule has 0 spiro atoms. The Morgan fingerprint density at radius 1 is 1.14 bits per heavy atom. The molecule has 0 unspecified atom stereocenters.